The third-order valence-electron chi connectivity index (χ3n) is 3.04. The van der Waals surface area contributed by atoms with E-state index in [0.717, 1.165) is 25.7 Å². The van der Waals surface area contributed by atoms with Crippen LogP contribution in [0.3, 0.4) is 0 Å². The molecule has 90 valence electrons. The number of aliphatic hydroxyl groups is 3. The number of ether oxygens (including phenoxy) is 1. The van der Waals surface area contributed by atoms with Crippen LogP contribution in [0.2, 0.25) is 0 Å². The summed E-state index contributed by atoms with van der Waals surface area (Å²) >= 11 is 0. The topological polar surface area (TPSA) is 69.9 Å². The fourth-order valence-electron chi connectivity index (χ4n) is 1.97. The molecule has 0 aromatic heterocycles. The van der Waals surface area contributed by atoms with Crippen molar-refractivity contribution in [1.29, 1.82) is 0 Å². The summed E-state index contributed by atoms with van der Waals surface area (Å²) < 4.78 is 5.47. The monoisotopic (exact) mass is 218 g/mol. The zero-order valence-corrected chi connectivity index (χ0v) is 9.47. The zero-order valence-electron chi connectivity index (χ0n) is 9.47. The first-order valence-corrected chi connectivity index (χ1v) is 5.77. The highest BCUT2D eigenvalue weighted by atomic mass is 16.5. The maximum Gasteiger partial charge on any atom is 0.111 e. The lowest BCUT2D eigenvalue weighted by Gasteiger charge is -2.39. The van der Waals surface area contributed by atoms with Gasteiger partial charge in [0.05, 0.1) is 12.2 Å². The molecule has 4 nitrogen and oxygen atoms in total. The van der Waals surface area contributed by atoms with Gasteiger partial charge in [0.25, 0.3) is 0 Å². The SMILES string of the molecule is CCCCCC1OC(C)C(O)C(O)C1O. The number of hydrogen-bond acceptors (Lipinski definition) is 4. The van der Waals surface area contributed by atoms with Gasteiger partial charge in [0.15, 0.2) is 0 Å². The van der Waals surface area contributed by atoms with Crippen LogP contribution in [0.4, 0.5) is 0 Å². The van der Waals surface area contributed by atoms with Gasteiger partial charge in [-0.1, -0.05) is 26.2 Å². The highest BCUT2D eigenvalue weighted by Gasteiger charge is 2.40. The predicted octanol–water partition coefficient (Wildman–Crippen LogP) is 0.437. The fraction of sp³-hybridized carbons (Fsp3) is 1.00. The summed E-state index contributed by atoms with van der Waals surface area (Å²) in [6.45, 7) is 3.83. The minimum Gasteiger partial charge on any atom is -0.388 e. The quantitative estimate of drug-likeness (QED) is 0.599. The Kier molecular flexibility index (Phi) is 4.99. The van der Waals surface area contributed by atoms with E-state index in [4.69, 9.17) is 4.74 Å². The molecule has 3 N–H and O–H groups in total. The molecule has 0 aliphatic carbocycles. The first-order valence-electron chi connectivity index (χ1n) is 5.77. The Balaban J connectivity index is 2.43. The zero-order chi connectivity index (χ0) is 11.4. The van der Waals surface area contributed by atoms with E-state index in [-0.39, 0.29) is 6.10 Å². The van der Waals surface area contributed by atoms with E-state index in [1.807, 2.05) is 0 Å². The molecule has 1 fully saturated rings. The lowest BCUT2D eigenvalue weighted by atomic mass is 9.93. The van der Waals surface area contributed by atoms with Crippen LogP contribution in [0.5, 0.6) is 0 Å². The summed E-state index contributed by atoms with van der Waals surface area (Å²) in [6, 6.07) is 0. The van der Waals surface area contributed by atoms with Gasteiger partial charge in [0, 0.05) is 0 Å². The second kappa shape index (κ2) is 5.80. The third-order valence-corrected chi connectivity index (χ3v) is 3.04. The summed E-state index contributed by atoms with van der Waals surface area (Å²) in [7, 11) is 0. The van der Waals surface area contributed by atoms with Gasteiger partial charge in [-0.2, -0.15) is 0 Å². The molecule has 15 heavy (non-hydrogen) atoms. The van der Waals surface area contributed by atoms with Crippen LogP contribution in [0.1, 0.15) is 39.5 Å². The van der Waals surface area contributed by atoms with Crippen molar-refractivity contribution in [3.05, 3.63) is 0 Å². The Morgan fingerprint density at radius 1 is 1.00 bits per heavy atom. The Morgan fingerprint density at radius 2 is 1.67 bits per heavy atom. The average Bonchev–Trinajstić information content (AvgIpc) is 2.23. The normalized spacial score (nSPS) is 41.8. The van der Waals surface area contributed by atoms with Crippen LogP contribution in [-0.4, -0.2) is 45.8 Å². The lowest BCUT2D eigenvalue weighted by Crippen LogP contribution is -2.56. The smallest absolute Gasteiger partial charge is 0.111 e. The van der Waals surface area contributed by atoms with Crippen LogP contribution < -0.4 is 0 Å². The first kappa shape index (κ1) is 12.9. The van der Waals surface area contributed by atoms with Crippen molar-refractivity contribution < 1.29 is 20.1 Å². The molecule has 0 amide bonds. The lowest BCUT2D eigenvalue weighted by molar-refractivity contribution is -0.218. The van der Waals surface area contributed by atoms with Gasteiger partial charge in [-0.15, -0.1) is 0 Å². The van der Waals surface area contributed by atoms with E-state index in [1.165, 1.54) is 0 Å². The van der Waals surface area contributed by atoms with Gasteiger partial charge in [0.2, 0.25) is 0 Å². The molecule has 0 spiro atoms. The molecule has 0 aromatic rings. The number of rotatable bonds is 4. The second-order valence-electron chi connectivity index (χ2n) is 4.35. The molecule has 0 bridgehead atoms. The van der Waals surface area contributed by atoms with Crippen LogP contribution in [0, 0.1) is 0 Å². The van der Waals surface area contributed by atoms with E-state index in [0.29, 0.717) is 0 Å². The summed E-state index contributed by atoms with van der Waals surface area (Å²) in [4.78, 5) is 0. The molecule has 1 aliphatic heterocycles. The summed E-state index contributed by atoms with van der Waals surface area (Å²) in [5.41, 5.74) is 0. The van der Waals surface area contributed by atoms with Crippen molar-refractivity contribution in [2.75, 3.05) is 0 Å². The molecular weight excluding hydrogens is 196 g/mol. The van der Waals surface area contributed by atoms with Crippen LogP contribution in [0.25, 0.3) is 0 Å². The summed E-state index contributed by atoms with van der Waals surface area (Å²) in [6.07, 6.45) is 0.149. The summed E-state index contributed by atoms with van der Waals surface area (Å²) in [5, 5.41) is 28.7. The van der Waals surface area contributed by atoms with Crippen LogP contribution in [0.15, 0.2) is 0 Å². The van der Waals surface area contributed by atoms with Crippen molar-refractivity contribution in [3.63, 3.8) is 0 Å². The molecule has 0 radical (unpaired) electrons. The molecule has 5 atom stereocenters. The molecule has 1 heterocycles. The standard InChI is InChI=1S/C11H22O4/c1-3-4-5-6-8-10(13)11(14)9(12)7(2)15-8/h7-14H,3-6H2,1-2H3. The van der Waals surface area contributed by atoms with Gasteiger partial charge < -0.3 is 20.1 Å². The largest absolute Gasteiger partial charge is 0.388 e. The minimum absolute atomic E-state index is 0.343. The Morgan fingerprint density at radius 3 is 2.27 bits per heavy atom. The third kappa shape index (κ3) is 3.14. The van der Waals surface area contributed by atoms with E-state index in [1.54, 1.807) is 6.92 Å². The Bertz CT molecular complexity index is 185. The van der Waals surface area contributed by atoms with Crippen molar-refractivity contribution in [2.45, 2.75) is 70.1 Å². The van der Waals surface area contributed by atoms with E-state index < -0.39 is 24.4 Å². The van der Waals surface area contributed by atoms with E-state index in [9.17, 15) is 15.3 Å². The molecule has 5 unspecified atom stereocenters. The molecule has 4 heteroatoms. The van der Waals surface area contributed by atoms with E-state index in [2.05, 4.69) is 6.92 Å². The first-order chi connectivity index (χ1) is 7.07. The molecule has 0 aromatic carbocycles. The van der Waals surface area contributed by atoms with Crippen molar-refractivity contribution in [1.82, 2.24) is 0 Å². The van der Waals surface area contributed by atoms with Crippen molar-refractivity contribution in [3.8, 4) is 0 Å². The van der Waals surface area contributed by atoms with Gasteiger partial charge in [0.1, 0.15) is 18.3 Å². The van der Waals surface area contributed by atoms with Crippen molar-refractivity contribution in [2.24, 2.45) is 0 Å². The molecule has 1 rings (SSSR count). The number of hydrogen-bond donors (Lipinski definition) is 3. The number of aliphatic hydroxyl groups excluding tert-OH is 3. The molecule has 0 saturated carbocycles. The maximum absolute atomic E-state index is 9.69. The van der Waals surface area contributed by atoms with Gasteiger partial charge in [-0.05, 0) is 13.3 Å². The van der Waals surface area contributed by atoms with Gasteiger partial charge in [-0.3, -0.25) is 0 Å². The van der Waals surface area contributed by atoms with Crippen molar-refractivity contribution >= 4 is 0 Å². The van der Waals surface area contributed by atoms with Gasteiger partial charge >= 0.3 is 0 Å². The molecule has 1 aliphatic rings. The maximum atomic E-state index is 9.69. The summed E-state index contributed by atoms with van der Waals surface area (Å²) in [5.74, 6) is 0. The van der Waals surface area contributed by atoms with Gasteiger partial charge in [-0.25, -0.2) is 0 Å². The highest BCUT2D eigenvalue weighted by molar-refractivity contribution is 4.90. The molecular formula is C11H22O4. The Hall–Kier alpha value is -0.160. The van der Waals surface area contributed by atoms with E-state index >= 15 is 0 Å². The average molecular weight is 218 g/mol. The fourth-order valence-corrected chi connectivity index (χ4v) is 1.97. The van der Waals surface area contributed by atoms with Crippen LogP contribution >= 0.6 is 0 Å². The number of unbranched alkanes of at least 4 members (excludes halogenated alkanes) is 2. The minimum atomic E-state index is -1.08. The highest BCUT2D eigenvalue weighted by Crippen LogP contribution is 2.24. The second-order valence-corrected chi connectivity index (χ2v) is 4.35. The Labute approximate surface area is 90.9 Å². The van der Waals surface area contributed by atoms with Crippen LogP contribution in [-0.2, 0) is 4.74 Å². The predicted molar refractivity (Wildman–Crippen MR) is 56.5 cm³/mol. The molecule has 1 saturated heterocycles.